The van der Waals surface area contributed by atoms with Crippen LogP contribution in [0.2, 0.25) is 0 Å². The number of aromatic amines is 1. The second-order valence-corrected chi connectivity index (χ2v) is 7.64. The van der Waals surface area contributed by atoms with Crippen molar-refractivity contribution in [3.05, 3.63) is 53.3 Å². The molecule has 0 aliphatic carbocycles. The second-order valence-electron chi connectivity index (χ2n) is 7.64. The summed E-state index contributed by atoms with van der Waals surface area (Å²) in [6, 6.07) is 12.2. The maximum Gasteiger partial charge on any atom is 0.274 e. The summed E-state index contributed by atoms with van der Waals surface area (Å²) >= 11 is 0. The van der Waals surface area contributed by atoms with Crippen LogP contribution < -0.4 is 5.73 Å². The third-order valence-corrected chi connectivity index (χ3v) is 4.86. The summed E-state index contributed by atoms with van der Waals surface area (Å²) in [7, 11) is 0. The van der Waals surface area contributed by atoms with Crippen LogP contribution in [0.4, 0.5) is 0 Å². The summed E-state index contributed by atoms with van der Waals surface area (Å²) in [6.07, 6.45) is 0. The van der Waals surface area contributed by atoms with Crippen LogP contribution in [-0.4, -0.2) is 40.6 Å². The molecule has 1 aliphatic rings. The summed E-state index contributed by atoms with van der Waals surface area (Å²) in [5.74, 6) is 0.567. The first-order valence-electron chi connectivity index (χ1n) is 8.50. The summed E-state index contributed by atoms with van der Waals surface area (Å²) in [5, 5.41) is 7.22. The molecule has 0 radical (unpaired) electrons. The summed E-state index contributed by atoms with van der Waals surface area (Å²) in [4.78, 5) is 14.7. The average Bonchev–Trinajstić information content (AvgIpc) is 3.22. The number of nitrogens with zero attached hydrogens (tertiary/aromatic N) is 2. The monoisotopic (exact) mass is 362 g/mol. The third-order valence-electron chi connectivity index (χ3n) is 4.86. The normalized spacial score (nSPS) is 20.4. The van der Waals surface area contributed by atoms with Crippen molar-refractivity contribution in [1.29, 1.82) is 0 Å². The van der Waals surface area contributed by atoms with E-state index in [0.29, 0.717) is 31.2 Å². The average molecular weight is 363 g/mol. The van der Waals surface area contributed by atoms with Crippen LogP contribution in [0.3, 0.4) is 0 Å². The molecule has 2 heterocycles. The molecule has 0 spiro atoms. The Morgan fingerprint density at radius 3 is 2.52 bits per heavy atom. The van der Waals surface area contributed by atoms with Crippen molar-refractivity contribution in [1.82, 2.24) is 15.1 Å². The number of rotatable bonds is 3. The van der Waals surface area contributed by atoms with Gasteiger partial charge in [-0.15, -0.1) is 12.4 Å². The first-order chi connectivity index (χ1) is 11.4. The van der Waals surface area contributed by atoms with Crippen molar-refractivity contribution in [2.45, 2.75) is 32.1 Å². The van der Waals surface area contributed by atoms with E-state index < -0.39 is 0 Å². The Morgan fingerprint density at radius 1 is 1.28 bits per heavy atom. The number of hydrogen-bond donors (Lipinski definition) is 2. The van der Waals surface area contributed by atoms with Crippen LogP contribution in [0.5, 0.6) is 0 Å². The Labute approximate surface area is 155 Å². The smallest absolute Gasteiger partial charge is 0.274 e. The van der Waals surface area contributed by atoms with E-state index in [1.54, 1.807) is 0 Å². The number of aromatic nitrogens is 2. The fourth-order valence-corrected chi connectivity index (χ4v) is 3.33. The molecule has 3 N–H and O–H groups in total. The number of nitrogens with two attached hydrogens (primary N) is 1. The van der Waals surface area contributed by atoms with E-state index in [1.807, 2.05) is 29.2 Å². The van der Waals surface area contributed by atoms with Crippen molar-refractivity contribution in [3.8, 4) is 0 Å². The molecule has 136 valence electrons. The molecule has 6 heteroatoms. The fraction of sp³-hybridized carbons (Fsp3) is 0.474. The largest absolute Gasteiger partial charge is 0.336 e. The minimum absolute atomic E-state index is 0. The van der Waals surface area contributed by atoms with E-state index in [0.717, 1.165) is 5.69 Å². The van der Waals surface area contributed by atoms with E-state index >= 15 is 0 Å². The van der Waals surface area contributed by atoms with Crippen LogP contribution in [0.15, 0.2) is 36.4 Å². The van der Waals surface area contributed by atoms with Gasteiger partial charge in [-0.2, -0.15) is 5.10 Å². The fourth-order valence-electron chi connectivity index (χ4n) is 3.33. The van der Waals surface area contributed by atoms with Crippen LogP contribution in [0.1, 0.15) is 48.4 Å². The van der Waals surface area contributed by atoms with E-state index in [-0.39, 0.29) is 29.6 Å². The van der Waals surface area contributed by atoms with E-state index in [1.165, 1.54) is 5.56 Å². The van der Waals surface area contributed by atoms with Gasteiger partial charge in [-0.05, 0) is 24.1 Å². The number of carbonyl (C=O) groups excluding carboxylic acids is 1. The standard InChI is InChI=1S/C19H26N4O.ClH/c1-19(2,3)17-9-16(21-22-17)18(24)23-11-14(10-20)15(12-23)13-7-5-4-6-8-13;/h4-9,14-15H,10-12,20H2,1-3H3,(H,21,22);1H/t14-,15+;/m1./s1. The van der Waals surface area contributed by atoms with E-state index in [9.17, 15) is 4.79 Å². The molecule has 2 aromatic rings. The number of benzene rings is 1. The molecule has 1 aromatic carbocycles. The summed E-state index contributed by atoms with van der Waals surface area (Å²) in [5.41, 5.74) is 8.62. The van der Waals surface area contributed by atoms with Gasteiger partial charge in [0.25, 0.3) is 5.91 Å². The molecule has 3 rings (SSSR count). The molecular weight excluding hydrogens is 336 g/mol. The van der Waals surface area contributed by atoms with E-state index in [4.69, 9.17) is 5.73 Å². The van der Waals surface area contributed by atoms with E-state index in [2.05, 4.69) is 43.1 Å². The minimum atomic E-state index is -0.0527. The number of nitrogens with one attached hydrogen (secondary N) is 1. The van der Waals surface area contributed by atoms with Gasteiger partial charge in [0.2, 0.25) is 0 Å². The van der Waals surface area contributed by atoms with Gasteiger partial charge >= 0.3 is 0 Å². The number of amides is 1. The maximum atomic E-state index is 12.8. The van der Waals surface area contributed by atoms with Crippen molar-refractivity contribution in [2.75, 3.05) is 19.6 Å². The third kappa shape index (κ3) is 4.05. The van der Waals surface area contributed by atoms with Crippen molar-refractivity contribution >= 4 is 18.3 Å². The molecule has 5 nitrogen and oxygen atoms in total. The van der Waals surface area contributed by atoms with Gasteiger partial charge in [0.05, 0.1) is 0 Å². The maximum absolute atomic E-state index is 12.8. The number of hydrogen-bond acceptors (Lipinski definition) is 3. The lowest BCUT2D eigenvalue weighted by molar-refractivity contribution is 0.0780. The van der Waals surface area contributed by atoms with Crippen molar-refractivity contribution in [2.24, 2.45) is 11.7 Å². The Morgan fingerprint density at radius 2 is 1.96 bits per heavy atom. The first-order valence-corrected chi connectivity index (χ1v) is 8.50. The van der Waals surface area contributed by atoms with Crippen LogP contribution in [0.25, 0.3) is 0 Å². The molecule has 25 heavy (non-hydrogen) atoms. The molecule has 1 aliphatic heterocycles. The molecule has 1 aromatic heterocycles. The number of halogens is 1. The number of carbonyl (C=O) groups is 1. The highest BCUT2D eigenvalue weighted by Crippen LogP contribution is 2.33. The van der Waals surface area contributed by atoms with Crippen LogP contribution in [0, 0.1) is 5.92 Å². The summed E-state index contributed by atoms with van der Waals surface area (Å²) in [6.45, 7) is 8.26. The zero-order chi connectivity index (χ0) is 17.3. The molecule has 0 saturated carbocycles. The highest BCUT2D eigenvalue weighted by Gasteiger charge is 2.36. The molecule has 1 amide bonds. The molecule has 1 fully saturated rings. The van der Waals surface area contributed by atoms with Crippen molar-refractivity contribution in [3.63, 3.8) is 0 Å². The molecule has 1 saturated heterocycles. The van der Waals surface area contributed by atoms with Gasteiger partial charge in [0.15, 0.2) is 0 Å². The Bertz CT molecular complexity index is 708. The molecule has 0 unspecified atom stereocenters. The summed E-state index contributed by atoms with van der Waals surface area (Å²) < 4.78 is 0. The lowest BCUT2D eigenvalue weighted by atomic mass is 9.89. The molecule has 0 bridgehead atoms. The molecule has 2 atom stereocenters. The highest BCUT2D eigenvalue weighted by molar-refractivity contribution is 5.92. The number of likely N-dealkylation sites (tertiary alicyclic amines) is 1. The zero-order valence-corrected chi connectivity index (χ0v) is 15.8. The number of H-pyrrole nitrogens is 1. The lowest BCUT2D eigenvalue weighted by Gasteiger charge is -2.16. The Kier molecular flexibility index (Phi) is 5.91. The van der Waals surface area contributed by atoms with Gasteiger partial charge in [-0.3, -0.25) is 9.89 Å². The second kappa shape index (κ2) is 7.58. The van der Waals surface area contributed by atoms with Crippen LogP contribution in [-0.2, 0) is 5.41 Å². The van der Waals surface area contributed by atoms with Gasteiger partial charge in [-0.25, -0.2) is 0 Å². The quantitative estimate of drug-likeness (QED) is 0.881. The predicted molar refractivity (Wildman–Crippen MR) is 102 cm³/mol. The van der Waals surface area contributed by atoms with Gasteiger partial charge in [0, 0.05) is 30.1 Å². The van der Waals surface area contributed by atoms with Gasteiger partial charge in [0.1, 0.15) is 5.69 Å². The first kappa shape index (κ1) is 19.5. The van der Waals surface area contributed by atoms with Crippen molar-refractivity contribution < 1.29 is 4.79 Å². The van der Waals surface area contributed by atoms with Gasteiger partial charge < -0.3 is 10.6 Å². The predicted octanol–water partition coefficient (Wildman–Crippen LogP) is 2.94. The Hall–Kier alpha value is -1.85. The highest BCUT2D eigenvalue weighted by atomic mass is 35.5. The lowest BCUT2D eigenvalue weighted by Crippen LogP contribution is -2.30. The van der Waals surface area contributed by atoms with Gasteiger partial charge in [-0.1, -0.05) is 51.1 Å². The Balaban J connectivity index is 0.00000225. The topological polar surface area (TPSA) is 75.0 Å². The minimum Gasteiger partial charge on any atom is -0.336 e. The zero-order valence-electron chi connectivity index (χ0n) is 15.0. The van der Waals surface area contributed by atoms with Crippen LogP contribution >= 0.6 is 12.4 Å². The molecular formula is C19H27ClN4O. The SMILES string of the molecule is CC(C)(C)c1cc(C(=O)N2C[C@@H](CN)[C@H](c3ccccc3)C2)n[nH]1.Cl.